The van der Waals surface area contributed by atoms with Gasteiger partial charge in [-0.25, -0.2) is 9.79 Å². The van der Waals surface area contributed by atoms with Crippen LogP contribution in [0.5, 0.6) is 0 Å². The molecule has 33 heavy (non-hydrogen) atoms. The topological polar surface area (TPSA) is 79.9 Å². The van der Waals surface area contributed by atoms with Crippen LogP contribution in [0.4, 0.5) is 5.69 Å². The van der Waals surface area contributed by atoms with Gasteiger partial charge in [-0.15, -0.1) is 0 Å². The van der Waals surface area contributed by atoms with Crippen molar-refractivity contribution in [1.82, 2.24) is 4.90 Å². The molecular formula is C27H42N4O2. The summed E-state index contributed by atoms with van der Waals surface area (Å²) in [6.07, 6.45) is 15.0. The summed E-state index contributed by atoms with van der Waals surface area (Å²) in [5.41, 5.74) is 7.43. The van der Waals surface area contributed by atoms with Crippen molar-refractivity contribution in [2.75, 3.05) is 25.5 Å². The van der Waals surface area contributed by atoms with Gasteiger partial charge in [-0.2, -0.15) is 0 Å². The van der Waals surface area contributed by atoms with Gasteiger partial charge in [-0.05, 0) is 101 Å². The van der Waals surface area contributed by atoms with Crippen LogP contribution in [0.25, 0.3) is 0 Å². The molecule has 4 rings (SSSR count). The lowest BCUT2D eigenvalue weighted by molar-refractivity contribution is 0.0602. The zero-order chi connectivity index (χ0) is 23.0. The van der Waals surface area contributed by atoms with Crippen LogP contribution >= 0.6 is 0 Å². The largest absolute Gasteiger partial charge is 0.465 e. The number of aliphatic imine (C=N–C) groups is 1. The summed E-state index contributed by atoms with van der Waals surface area (Å²) in [5, 5.41) is 3.52. The predicted molar refractivity (Wildman–Crippen MR) is 135 cm³/mol. The highest BCUT2D eigenvalue weighted by Crippen LogP contribution is 2.36. The summed E-state index contributed by atoms with van der Waals surface area (Å²) in [7, 11) is 1.43. The number of likely N-dealkylation sites (tertiary alicyclic amines) is 1. The second-order valence-electron chi connectivity index (χ2n) is 10.4. The maximum Gasteiger partial charge on any atom is 0.339 e. The average Bonchev–Trinajstić information content (AvgIpc) is 2.86. The van der Waals surface area contributed by atoms with Crippen LogP contribution in [0.15, 0.2) is 29.3 Å². The highest BCUT2D eigenvalue weighted by molar-refractivity contribution is 6.02. The van der Waals surface area contributed by atoms with E-state index in [9.17, 15) is 4.79 Å². The number of piperidine rings is 1. The molecule has 1 aliphatic heterocycles. The van der Waals surface area contributed by atoms with Crippen LogP contribution in [-0.2, 0) is 4.74 Å². The Labute approximate surface area is 199 Å². The van der Waals surface area contributed by atoms with Crippen molar-refractivity contribution < 1.29 is 9.53 Å². The molecule has 6 heteroatoms. The van der Waals surface area contributed by atoms with Crippen LogP contribution < -0.4 is 11.1 Å². The molecule has 1 heterocycles. The first-order valence-corrected chi connectivity index (χ1v) is 13.1. The summed E-state index contributed by atoms with van der Waals surface area (Å²) in [6, 6.07) is 8.37. The molecule has 0 radical (unpaired) electrons. The van der Waals surface area contributed by atoms with E-state index in [2.05, 4.69) is 10.2 Å². The SMILES string of the molecule is COC(=O)c1ccccc1NC(=NC1CCC(CC2CCC(N)CC2)CC1)N1CCCCC1. The smallest absolute Gasteiger partial charge is 0.339 e. The van der Waals surface area contributed by atoms with E-state index in [4.69, 9.17) is 15.5 Å². The standard InChI is InChI=1S/C27H42N4O2/c1-33-26(32)24-7-3-4-8-25(24)30-27(31-17-5-2-6-18-31)29-23-15-11-21(12-16-23)19-20-9-13-22(28)14-10-20/h3-4,7-8,20-23H,2,5-6,9-19,28H2,1H3,(H,29,30). The van der Waals surface area contributed by atoms with E-state index in [1.165, 1.54) is 71.3 Å². The van der Waals surface area contributed by atoms with Crippen LogP contribution in [0.1, 0.15) is 87.4 Å². The number of carbonyl (C=O) groups is 1. The molecule has 1 aromatic carbocycles. The van der Waals surface area contributed by atoms with E-state index < -0.39 is 0 Å². The molecule has 6 nitrogen and oxygen atoms in total. The maximum absolute atomic E-state index is 12.3. The molecule has 2 saturated carbocycles. The zero-order valence-corrected chi connectivity index (χ0v) is 20.3. The van der Waals surface area contributed by atoms with Gasteiger partial charge >= 0.3 is 5.97 Å². The van der Waals surface area contributed by atoms with Crippen LogP contribution in [-0.4, -0.2) is 49.1 Å². The van der Waals surface area contributed by atoms with E-state index in [0.29, 0.717) is 17.6 Å². The van der Waals surface area contributed by atoms with Crippen molar-refractivity contribution in [1.29, 1.82) is 0 Å². The summed E-state index contributed by atoms with van der Waals surface area (Å²) >= 11 is 0. The molecule has 3 aliphatic rings. The summed E-state index contributed by atoms with van der Waals surface area (Å²) < 4.78 is 4.99. The minimum absolute atomic E-state index is 0.319. The first kappa shape index (κ1) is 24.1. The third-order valence-electron chi connectivity index (χ3n) is 7.91. The van der Waals surface area contributed by atoms with Gasteiger partial charge in [0.05, 0.1) is 24.4 Å². The van der Waals surface area contributed by atoms with Crippen molar-refractivity contribution in [2.45, 2.75) is 89.1 Å². The first-order chi connectivity index (χ1) is 16.1. The fourth-order valence-electron chi connectivity index (χ4n) is 5.88. The van der Waals surface area contributed by atoms with E-state index in [-0.39, 0.29) is 5.97 Å². The molecule has 0 amide bonds. The average molecular weight is 455 g/mol. The first-order valence-electron chi connectivity index (χ1n) is 13.1. The molecule has 182 valence electrons. The van der Waals surface area contributed by atoms with Gasteiger partial charge in [-0.1, -0.05) is 12.1 Å². The fourth-order valence-corrected chi connectivity index (χ4v) is 5.88. The number of ether oxygens (including phenoxy) is 1. The number of nitrogens with zero attached hydrogens (tertiary/aromatic N) is 2. The lowest BCUT2D eigenvalue weighted by Crippen LogP contribution is -2.41. The number of methoxy groups -OCH3 is 1. The summed E-state index contributed by atoms with van der Waals surface area (Å²) in [6.45, 7) is 2.04. The Hall–Kier alpha value is -2.08. The van der Waals surface area contributed by atoms with Crippen molar-refractivity contribution in [3.05, 3.63) is 29.8 Å². The molecule has 1 saturated heterocycles. The number of guanidine groups is 1. The van der Waals surface area contributed by atoms with Crippen molar-refractivity contribution in [3.63, 3.8) is 0 Å². The molecule has 0 unspecified atom stereocenters. The zero-order valence-electron chi connectivity index (χ0n) is 20.3. The minimum atomic E-state index is -0.319. The number of para-hydroxylation sites is 1. The Morgan fingerprint density at radius 1 is 1.00 bits per heavy atom. The van der Waals surface area contributed by atoms with Crippen molar-refractivity contribution in [2.24, 2.45) is 22.6 Å². The van der Waals surface area contributed by atoms with Gasteiger partial charge in [-0.3, -0.25) is 0 Å². The second kappa shape index (κ2) is 11.9. The van der Waals surface area contributed by atoms with E-state index in [1.807, 2.05) is 24.3 Å². The number of carbonyl (C=O) groups excluding carboxylic acids is 1. The number of anilines is 1. The molecule has 0 atom stereocenters. The van der Waals surface area contributed by atoms with Crippen molar-refractivity contribution in [3.8, 4) is 0 Å². The van der Waals surface area contributed by atoms with Crippen LogP contribution in [0, 0.1) is 11.8 Å². The lowest BCUT2D eigenvalue weighted by atomic mass is 9.76. The van der Waals surface area contributed by atoms with Crippen LogP contribution in [0.3, 0.4) is 0 Å². The maximum atomic E-state index is 12.3. The minimum Gasteiger partial charge on any atom is -0.465 e. The van der Waals surface area contributed by atoms with Crippen LogP contribution in [0.2, 0.25) is 0 Å². The molecule has 0 bridgehead atoms. The number of benzene rings is 1. The molecule has 1 aromatic rings. The van der Waals surface area contributed by atoms with Gasteiger partial charge in [0.25, 0.3) is 0 Å². The number of hydrogen-bond donors (Lipinski definition) is 2. The number of nitrogens with one attached hydrogen (secondary N) is 1. The lowest BCUT2D eigenvalue weighted by Gasteiger charge is -2.34. The monoisotopic (exact) mass is 454 g/mol. The molecule has 2 aliphatic carbocycles. The Kier molecular flexibility index (Phi) is 8.65. The van der Waals surface area contributed by atoms with Gasteiger partial charge in [0.15, 0.2) is 5.96 Å². The highest BCUT2D eigenvalue weighted by atomic mass is 16.5. The third kappa shape index (κ3) is 6.72. The van der Waals surface area contributed by atoms with Gasteiger partial charge in [0.2, 0.25) is 0 Å². The predicted octanol–water partition coefficient (Wildman–Crippen LogP) is 5.19. The van der Waals surface area contributed by atoms with Gasteiger partial charge in [0, 0.05) is 19.1 Å². The van der Waals surface area contributed by atoms with Gasteiger partial charge in [0.1, 0.15) is 0 Å². The number of esters is 1. The summed E-state index contributed by atoms with van der Waals surface area (Å²) in [5.74, 6) is 2.34. The van der Waals surface area contributed by atoms with E-state index >= 15 is 0 Å². The van der Waals surface area contributed by atoms with E-state index in [0.717, 1.165) is 49.4 Å². The Morgan fingerprint density at radius 2 is 1.64 bits per heavy atom. The molecule has 3 N–H and O–H groups in total. The van der Waals surface area contributed by atoms with Crippen molar-refractivity contribution >= 4 is 17.6 Å². The molecule has 3 fully saturated rings. The highest BCUT2D eigenvalue weighted by Gasteiger charge is 2.27. The third-order valence-corrected chi connectivity index (χ3v) is 7.91. The fraction of sp³-hybridized carbons (Fsp3) is 0.704. The summed E-state index contributed by atoms with van der Waals surface area (Å²) in [4.78, 5) is 19.9. The molecular weight excluding hydrogens is 412 g/mol. The normalized spacial score (nSPS) is 28.9. The number of hydrogen-bond acceptors (Lipinski definition) is 4. The number of rotatable bonds is 5. The number of nitrogens with two attached hydrogens (primary N) is 1. The Morgan fingerprint density at radius 3 is 2.30 bits per heavy atom. The van der Waals surface area contributed by atoms with E-state index in [1.54, 1.807) is 0 Å². The quantitative estimate of drug-likeness (QED) is 0.363. The second-order valence-corrected chi connectivity index (χ2v) is 10.4. The Bertz CT molecular complexity index is 789. The molecule has 0 aromatic heterocycles. The van der Waals surface area contributed by atoms with Gasteiger partial charge < -0.3 is 20.7 Å². The Balaban J connectivity index is 1.40. The molecule has 0 spiro atoms.